The zero-order valence-corrected chi connectivity index (χ0v) is 60.6. The summed E-state index contributed by atoms with van der Waals surface area (Å²) < 4.78 is 30.2. The number of aryl methyl sites for hydroxylation is 8. The third-order valence-electron chi connectivity index (χ3n) is 11.9. The maximum absolute atomic E-state index is 12.9. The third kappa shape index (κ3) is 32.1. The fourth-order valence-electron chi connectivity index (χ4n) is 8.25. The van der Waals surface area contributed by atoms with Gasteiger partial charge < -0.3 is 59.8 Å². The van der Waals surface area contributed by atoms with Crippen LogP contribution in [0.3, 0.4) is 0 Å². The monoisotopic (exact) mass is 1760 g/mol. The van der Waals surface area contributed by atoms with E-state index in [4.69, 9.17) is 44.8 Å². The summed E-state index contributed by atoms with van der Waals surface area (Å²) in [4.78, 5) is 26.3. The Morgan fingerprint density at radius 2 is 0.678 bits per heavy atom. The summed E-state index contributed by atoms with van der Waals surface area (Å²) in [6.45, 7) is 25.8. The van der Waals surface area contributed by atoms with Crippen LogP contribution in [0.1, 0.15) is 106 Å². The van der Waals surface area contributed by atoms with Gasteiger partial charge in [0.2, 0.25) is 0 Å². The number of halogens is 1. The van der Waals surface area contributed by atoms with E-state index in [0.717, 1.165) is 85.2 Å². The van der Waals surface area contributed by atoms with Gasteiger partial charge in [0.05, 0.1) is 48.0 Å². The smallest absolute Gasteiger partial charge is 0.123 e. The van der Waals surface area contributed by atoms with Gasteiger partial charge in [-0.1, -0.05) is 23.8 Å². The van der Waals surface area contributed by atoms with Gasteiger partial charge in [-0.2, -0.15) is 0 Å². The van der Waals surface area contributed by atoms with Crippen molar-refractivity contribution in [2.24, 2.45) is 0 Å². The molecule has 6 atom stereocenters. The molecule has 90 heavy (non-hydrogen) atoms. The van der Waals surface area contributed by atoms with Crippen molar-refractivity contribution in [3.63, 3.8) is 0 Å². The van der Waals surface area contributed by atoms with Crippen LogP contribution >= 0.6 is 0 Å². The van der Waals surface area contributed by atoms with Crippen molar-refractivity contribution in [2.45, 2.75) is 153 Å². The molecule has 9 aromatic rings. The topological polar surface area (TPSA) is 226 Å². The number of ether oxygens (including phenoxy) is 3. The van der Waals surface area contributed by atoms with Crippen LogP contribution in [0.2, 0.25) is 0 Å². The Kier molecular flexibility index (Phi) is 38.6. The number of rotatable bonds is 15. The van der Waals surface area contributed by atoms with E-state index in [-0.39, 0.29) is 103 Å². The van der Waals surface area contributed by atoms with Gasteiger partial charge in [-0.25, -0.2) is 4.39 Å². The van der Waals surface area contributed by atoms with Crippen LogP contribution in [-0.2, 0) is 60.3 Å². The standard InChI is InChI=1S/2C19H17N2O.C18H14FN2O.3C5H12O2.3Ir/c1-13-4-8-17(9-5-13)22-18-10-6-16(7-11-18)19-15(3)21-14(2)12-20-19;1-13-10-14(2)12-18(11-13)22-17-6-4-16(5-7-17)19-15(3)20-8-9-21-19;1-12-11-20-18(13(2)21-12)14-3-7-16(8-4-14)22-17-9-5-15(19)6-10-17;3*1-4(6)3-5(2)7;;;/h4-6,8-12H,1-3H3;4,6-12H,1-3H3;3,5-11H,1-2H3;3*4-7H,3H2,1-2H3;;;/q3*-1;;;;;;. The van der Waals surface area contributed by atoms with Gasteiger partial charge in [-0.15, -0.1) is 89.5 Å². The molecule has 489 valence electrons. The second-order valence-electron chi connectivity index (χ2n) is 21.4. The predicted octanol–water partition coefficient (Wildman–Crippen LogP) is 14.2. The van der Waals surface area contributed by atoms with Gasteiger partial charge in [0, 0.05) is 137 Å². The molecule has 0 saturated heterocycles. The normalized spacial score (nSPS) is 12.1. The van der Waals surface area contributed by atoms with Crippen LogP contribution < -0.4 is 14.2 Å². The first-order valence-electron chi connectivity index (χ1n) is 28.7. The van der Waals surface area contributed by atoms with Crippen molar-refractivity contribution in [1.29, 1.82) is 0 Å². The molecule has 3 heterocycles. The second kappa shape index (κ2) is 42.6. The maximum Gasteiger partial charge on any atom is 0.123 e. The van der Waals surface area contributed by atoms with E-state index in [1.165, 1.54) is 28.8 Å². The SMILES string of the molecule is CC(O)CC(C)O.CC(O)CC(C)O.CC(O)CC(C)O.Cc1cc(C)cc(Oc2c[c-]c(-c3nccnc3C)cc2)c1.Cc1ccc(Oc2c[c-]c(-c3ncc(C)nc3C)cc2)cc1.Cc1cnc(-c2[c-]cc(Oc3ccc(F)cc3)cc2)c(C)n1.[Ir].[Ir].[Ir]. The fourth-order valence-corrected chi connectivity index (χ4v) is 8.25. The Hall–Kier alpha value is -6.40. The number of nitrogens with zero attached hydrogens (tertiary/aromatic N) is 6. The zero-order valence-electron chi connectivity index (χ0n) is 53.4. The number of aliphatic hydroxyl groups excluding tert-OH is 6. The van der Waals surface area contributed by atoms with Crippen LogP contribution in [0.4, 0.5) is 4.39 Å². The minimum Gasteiger partial charge on any atom is -0.502 e. The number of aromatic nitrogens is 6. The van der Waals surface area contributed by atoms with E-state index in [1.54, 1.807) is 84.5 Å². The van der Waals surface area contributed by atoms with Gasteiger partial charge in [-0.05, 0) is 176 Å². The van der Waals surface area contributed by atoms with Crippen LogP contribution in [-0.4, -0.2) is 97.2 Å². The molecule has 6 aromatic carbocycles. The van der Waals surface area contributed by atoms with Gasteiger partial charge >= 0.3 is 0 Å². The fraction of sp³-hybridized carbons (Fsp3) is 0.324. The first kappa shape index (κ1) is 81.6. The van der Waals surface area contributed by atoms with Crippen molar-refractivity contribution >= 4 is 0 Å². The Morgan fingerprint density at radius 1 is 0.367 bits per heavy atom. The Morgan fingerprint density at radius 3 is 0.978 bits per heavy atom. The Balaban J connectivity index is 0.000000574. The molecule has 0 aliphatic heterocycles. The molecular weight excluding hydrogens is 1680 g/mol. The average Bonchev–Trinajstić information content (AvgIpc) is 3.65. The molecule has 3 radical (unpaired) electrons. The molecule has 0 bridgehead atoms. The quantitative estimate of drug-likeness (QED) is 0.0525. The van der Waals surface area contributed by atoms with Gasteiger partial charge in [-0.3, -0.25) is 15.0 Å². The summed E-state index contributed by atoms with van der Waals surface area (Å²) in [5.41, 5.74) is 13.2. The largest absolute Gasteiger partial charge is 0.502 e. The molecule has 0 fully saturated rings. The molecule has 0 saturated carbocycles. The van der Waals surface area contributed by atoms with Crippen molar-refractivity contribution < 1.29 is 110 Å². The molecule has 19 heteroatoms. The number of aliphatic hydroxyl groups is 6. The molecule has 6 unspecified atom stereocenters. The molecule has 6 N–H and O–H groups in total. The van der Waals surface area contributed by atoms with E-state index in [2.05, 4.69) is 74.9 Å². The first-order valence-corrected chi connectivity index (χ1v) is 28.7. The van der Waals surface area contributed by atoms with E-state index in [0.29, 0.717) is 30.8 Å². The summed E-state index contributed by atoms with van der Waals surface area (Å²) in [7, 11) is 0. The molecule has 15 nitrogen and oxygen atoms in total. The number of benzene rings is 6. The molecule has 0 aliphatic rings. The summed E-state index contributed by atoms with van der Waals surface area (Å²) >= 11 is 0. The molecule has 0 spiro atoms. The van der Waals surface area contributed by atoms with Crippen LogP contribution in [0.5, 0.6) is 34.5 Å². The van der Waals surface area contributed by atoms with E-state index in [9.17, 15) is 4.39 Å². The first-order chi connectivity index (χ1) is 41.2. The van der Waals surface area contributed by atoms with E-state index in [1.807, 2.05) is 120 Å². The van der Waals surface area contributed by atoms with Gasteiger partial charge in [0.1, 0.15) is 23.1 Å². The maximum atomic E-state index is 12.9. The predicted molar refractivity (Wildman–Crippen MR) is 340 cm³/mol. The Bertz CT molecular complexity index is 3230. The van der Waals surface area contributed by atoms with Crippen molar-refractivity contribution in [2.75, 3.05) is 0 Å². The van der Waals surface area contributed by atoms with Crippen LogP contribution in [0, 0.1) is 79.4 Å². The van der Waals surface area contributed by atoms with Crippen molar-refractivity contribution in [3.8, 4) is 68.3 Å². The minimum absolute atomic E-state index is 0. The molecule has 3 aromatic heterocycles. The molecular formula is C71H84FIr3N6O9-3. The van der Waals surface area contributed by atoms with Crippen molar-refractivity contribution in [1.82, 2.24) is 29.9 Å². The summed E-state index contributed by atoms with van der Waals surface area (Å²) in [5, 5.41) is 51.4. The van der Waals surface area contributed by atoms with Gasteiger partial charge in [0.15, 0.2) is 0 Å². The average molecular weight is 1760 g/mol. The molecule has 0 aliphatic carbocycles. The summed E-state index contributed by atoms with van der Waals surface area (Å²) in [6.07, 6.45) is 6.05. The third-order valence-corrected chi connectivity index (χ3v) is 11.9. The van der Waals surface area contributed by atoms with Crippen LogP contribution in [0.25, 0.3) is 33.8 Å². The van der Waals surface area contributed by atoms with Crippen LogP contribution in [0.15, 0.2) is 146 Å². The van der Waals surface area contributed by atoms with E-state index < -0.39 is 0 Å². The minimum atomic E-state index is -0.375. The summed E-state index contributed by atoms with van der Waals surface area (Å²) in [5.74, 6) is 4.10. The van der Waals surface area contributed by atoms with Gasteiger partial charge in [0.25, 0.3) is 0 Å². The Labute approximate surface area is 571 Å². The molecule has 9 rings (SSSR count). The summed E-state index contributed by atoms with van der Waals surface area (Å²) in [6, 6.07) is 46.5. The second-order valence-corrected chi connectivity index (χ2v) is 21.4. The zero-order chi connectivity index (χ0) is 64.2. The number of hydrogen-bond acceptors (Lipinski definition) is 15. The molecule has 0 amide bonds. The van der Waals surface area contributed by atoms with E-state index >= 15 is 0 Å². The number of hydrogen-bond donors (Lipinski definition) is 6. The van der Waals surface area contributed by atoms with Crippen molar-refractivity contribution in [3.05, 3.63) is 215 Å².